The molecule has 0 fully saturated rings. The summed E-state index contributed by atoms with van der Waals surface area (Å²) in [5, 5.41) is 2.87. The number of nitrogens with zero attached hydrogens (tertiary/aromatic N) is 2. The van der Waals surface area contributed by atoms with E-state index in [-0.39, 0.29) is 11.6 Å². The molecule has 2 aromatic rings. The van der Waals surface area contributed by atoms with Crippen LogP contribution in [0.25, 0.3) is 0 Å². The maximum Gasteiger partial charge on any atom is 0.317 e. The molecular formula is C15H16N4O2. The minimum Gasteiger partial charge on any atom is -0.334 e. The molecule has 0 unspecified atom stereocenters. The quantitative estimate of drug-likeness (QED) is 0.865. The van der Waals surface area contributed by atoms with Gasteiger partial charge in [0.05, 0.1) is 24.1 Å². The van der Waals surface area contributed by atoms with Gasteiger partial charge in [-0.1, -0.05) is 30.3 Å². The molecule has 2 heterocycles. The monoisotopic (exact) mass is 284 g/mol. The van der Waals surface area contributed by atoms with Crippen LogP contribution in [0, 0.1) is 0 Å². The molecule has 0 spiro atoms. The van der Waals surface area contributed by atoms with Crippen LogP contribution in [0.1, 0.15) is 16.8 Å². The SMILES string of the molecule is O=C(NCc1ccccc1)N1CCc2nc[nH]c(=O)c2C1. The van der Waals surface area contributed by atoms with Crippen LogP contribution < -0.4 is 10.9 Å². The molecule has 0 atom stereocenters. The molecule has 1 aromatic carbocycles. The zero-order chi connectivity index (χ0) is 14.7. The fourth-order valence-corrected chi connectivity index (χ4v) is 2.41. The molecule has 3 rings (SSSR count). The predicted molar refractivity (Wildman–Crippen MR) is 77.6 cm³/mol. The van der Waals surface area contributed by atoms with E-state index in [1.165, 1.54) is 6.33 Å². The van der Waals surface area contributed by atoms with E-state index in [2.05, 4.69) is 15.3 Å². The van der Waals surface area contributed by atoms with Crippen molar-refractivity contribution in [3.63, 3.8) is 0 Å². The summed E-state index contributed by atoms with van der Waals surface area (Å²) in [6.45, 7) is 1.36. The fourth-order valence-electron chi connectivity index (χ4n) is 2.41. The number of carbonyl (C=O) groups excluding carboxylic acids is 1. The molecule has 1 aromatic heterocycles. The van der Waals surface area contributed by atoms with E-state index in [0.717, 1.165) is 11.3 Å². The number of nitrogens with one attached hydrogen (secondary N) is 2. The molecule has 0 radical (unpaired) electrons. The highest BCUT2D eigenvalue weighted by Crippen LogP contribution is 2.12. The van der Waals surface area contributed by atoms with Gasteiger partial charge in [0.25, 0.3) is 5.56 Å². The molecule has 2 N–H and O–H groups in total. The third kappa shape index (κ3) is 2.94. The van der Waals surface area contributed by atoms with Gasteiger partial charge in [-0.3, -0.25) is 4.79 Å². The first-order chi connectivity index (χ1) is 10.2. The standard InChI is InChI=1S/C15H16N4O2/c20-14-12-9-19(7-6-13(12)17-10-18-14)15(21)16-8-11-4-2-1-3-5-11/h1-5,10H,6-9H2,(H,16,21)(H,17,18,20). The van der Waals surface area contributed by atoms with Crippen molar-refractivity contribution in [3.8, 4) is 0 Å². The van der Waals surface area contributed by atoms with Gasteiger partial charge in [0.1, 0.15) is 0 Å². The molecule has 6 heteroatoms. The number of aromatic amines is 1. The number of aromatic nitrogens is 2. The number of hydrogen-bond donors (Lipinski definition) is 2. The zero-order valence-corrected chi connectivity index (χ0v) is 11.5. The lowest BCUT2D eigenvalue weighted by Gasteiger charge is -2.27. The first-order valence-electron chi connectivity index (χ1n) is 6.86. The van der Waals surface area contributed by atoms with Gasteiger partial charge >= 0.3 is 6.03 Å². The topological polar surface area (TPSA) is 78.1 Å². The van der Waals surface area contributed by atoms with Crippen LogP contribution in [-0.2, 0) is 19.5 Å². The molecule has 1 aliphatic rings. The Bertz CT molecular complexity index is 696. The van der Waals surface area contributed by atoms with Gasteiger partial charge in [0.15, 0.2) is 0 Å². The summed E-state index contributed by atoms with van der Waals surface area (Å²) >= 11 is 0. The first kappa shape index (κ1) is 13.4. The third-order valence-electron chi connectivity index (χ3n) is 3.58. The second-order valence-electron chi connectivity index (χ2n) is 4.97. The van der Waals surface area contributed by atoms with Gasteiger partial charge in [-0.05, 0) is 5.56 Å². The normalized spacial score (nSPS) is 13.6. The van der Waals surface area contributed by atoms with Crippen LogP contribution in [-0.4, -0.2) is 27.4 Å². The molecule has 2 amide bonds. The lowest BCUT2D eigenvalue weighted by atomic mass is 10.1. The van der Waals surface area contributed by atoms with E-state index < -0.39 is 0 Å². The molecule has 21 heavy (non-hydrogen) atoms. The number of H-pyrrole nitrogens is 1. The minimum atomic E-state index is -0.166. The number of fused-ring (bicyclic) bond motifs is 1. The van der Waals surface area contributed by atoms with Crippen molar-refractivity contribution in [2.45, 2.75) is 19.5 Å². The Morgan fingerprint density at radius 1 is 1.33 bits per heavy atom. The van der Waals surface area contributed by atoms with E-state index in [0.29, 0.717) is 31.6 Å². The minimum absolute atomic E-state index is 0.159. The van der Waals surface area contributed by atoms with Gasteiger partial charge in [-0.15, -0.1) is 0 Å². The van der Waals surface area contributed by atoms with Gasteiger partial charge in [0, 0.05) is 19.5 Å². The van der Waals surface area contributed by atoms with Crippen molar-refractivity contribution in [2.24, 2.45) is 0 Å². The van der Waals surface area contributed by atoms with Crippen molar-refractivity contribution in [1.29, 1.82) is 0 Å². The Morgan fingerprint density at radius 2 is 2.14 bits per heavy atom. The van der Waals surface area contributed by atoms with Crippen LogP contribution in [0.3, 0.4) is 0 Å². The number of carbonyl (C=O) groups is 1. The summed E-state index contributed by atoms with van der Waals surface area (Å²) in [7, 11) is 0. The molecule has 0 saturated carbocycles. The van der Waals surface area contributed by atoms with Crippen molar-refractivity contribution >= 4 is 6.03 Å². The summed E-state index contributed by atoms with van der Waals surface area (Å²) in [5.74, 6) is 0. The molecule has 0 aliphatic carbocycles. The largest absolute Gasteiger partial charge is 0.334 e. The highest BCUT2D eigenvalue weighted by atomic mass is 16.2. The third-order valence-corrected chi connectivity index (χ3v) is 3.58. The Labute approximate surface area is 121 Å². The Morgan fingerprint density at radius 3 is 2.95 bits per heavy atom. The van der Waals surface area contributed by atoms with E-state index >= 15 is 0 Å². The molecule has 6 nitrogen and oxygen atoms in total. The summed E-state index contributed by atoms with van der Waals surface area (Å²) in [6.07, 6.45) is 2.02. The maximum atomic E-state index is 12.2. The fraction of sp³-hybridized carbons (Fsp3) is 0.267. The molecule has 108 valence electrons. The highest BCUT2D eigenvalue weighted by Gasteiger charge is 2.23. The van der Waals surface area contributed by atoms with Gasteiger partial charge in [0.2, 0.25) is 0 Å². The van der Waals surface area contributed by atoms with Crippen LogP contribution in [0.2, 0.25) is 0 Å². The number of urea groups is 1. The maximum absolute atomic E-state index is 12.2. The van der Waals surface area contributed by atoms with E-state index in [1.807, 2.05) is 30.3 Å². The van der Waals surface area contributed by atoms with E-state index in [1.54, 1.807) is 4.90 Å². The highest BCUT2D eigenvalue weighted by molar-refractivity contribution is 5.74. The number of rotatable bonds is 2. The van der Waals surface area contributed by atoms with Gasteiger partial charge in [-0.25, -0.2) is 9.78 Å². The summed E-state index contributed by atoms with van der Waals surface area (Å²) in [5.41, 5.74) is 2.24. The molecule has 0 saturated heterocycles. The number of benzene rings is 1. The van der Waals surface area contributed by atoms with Crippen molar-refractivity contribution < 1.29 is 4.79 Å². The zero-order valence-electron chi connectivity index (χ0n) is 11.5. The second kappa shape index (κ2) is 5.78. The lowest BCUT2D eigenvalue weighted by molar-refractivity contribution is 0.191. The van der Waals surface area contributed by atoms with Crippen LogP contribution in [0.5, 0.6) is 0 Å². The smallest absolute Gasteiger partial charge is 0.317 e. The molecular weight excluding hydrogens is 268 g/mol. The summed E-state index contributed by atoms with van der Waals surface area (Å²) in [4.78, 5) is 32.3. The van der Waals surface area contributed by atoms with Crippen LogP contribution in [0.15, 0.2) is 41.5 Å². The Hall–Kier alpha value is -2.63. The number of amides is 2. The lowest BCUT2D eigenvalue weighted by Crippen LogP contribution is -2.44. The van der Waals surface area contributed by atoms with Crippen molar-refractivity contribution in [2.75, 3.05) is 6.54 Å². The Balaban J connectivity index is 1.64. The van der Waals surface area contributed by atoms with Crippen LogP contribution in [0.4, 0.5) is 4.79 Å². The predicted octanol–water partition coefficient (Wildman–Crippen LogP) is 1.04. The second-order valence-corrected chi connectivity index (χ2v) is 4.97. The van der Waals surface area contributed by atoms with E-state index in [9.17, 15) is 9.59 Å². The van der Waals surface area contributed by atoms with Gasteiger partial charge < -0.3 is 15.2 Å². The average Bonchev–Trinajstić information content (AvgIpc) is 2.54. The van der Waals surface area contributed by atoms with Crippen LogP contribution >= 0.6 is 0 Å². The number of hydrogen-bond acceptors (Lipinski definition) is 3. The molecule has 1 aliphatic heterocycles. The summed E-state index contributed by atoms with van der Waals surface area (Å²) in [6, 6.07) is 9.56. The average molecular weight is 284 g/mol. The summed E-state index contributed by atoms with van der Waals surface area (Å²) < 4.78 is 0. The van der Waals surface area contributed by atoms with Gasteiger partial charge in [-0.2, -0.15) is 0 Å². The molecule has 0 bridgehead atoms. The van der Waals surface area contributed by atoms with Crippen molar-refractivity contribution in [3.05, 3.63) is 63.8 Å². The van der Waals surface area contributed by atoms with E-state index in [4.69, 9.17) is 0 Å². The first-order valence-corrected chi connectivity index (χ1v) is 6.86. The Kier molecular flexibility index (Phi) is 3.68. The van der Waals surface area contributed by atoms with Crippen molar-refractivity contribution in [1.82, 2.24) is 20.2 Å².